The first-order valence-electron chi connectivity index (χ1n) is 27.1. The average Bonchev–Trinajstić information content (AvgIpc) is 4.03. The summed E-state index contributed by atoms with van der Waals surface area (Å²) in [6, 6.07) is 19.3. The fraction of sp³-hybridized carbons (Fsp3) is 0.500. The van der Waals surface area contributed by atoms with Gasteiger partial charge in [0.15, 0.2) is 23.3 Å². The Hall–Kier alpha value is -5.76. The zero-order valence-corrected chi connectivity index (χ0v) is 46.0. The summed E-state index contributed by atoms with van der Waals surface area (Å²) in [5, 5.41) is 4.19. The van der Waals surface area contributed by atoms with E-state index in [0.29, 0.717) is 23.3 Å². The van der Waals surface area contributed by atoms with Gasteiger partial charge in [0.25, 0.3) is 0 Å². The van der Waals surface area contributed by atoms with Crippen LogP contribution in [0.15, 0.2) is 48.5 Å². The van der Waals surface area contributed by atoms with Crippen LogP contribution in [0.1, 0.15) is 207 Å². The van der Waals surface area contributed by atoms with Gasteiger partial charge in [-0.3, -0.25) is 0 Å². The van der Waals surface area contributed by atoms with Crippen LogP contribution >= 0.6 is 0 Å². The number of benzene rings is 4. The van der Waals surface area contributed by atoms with Crippen LogP contribution in [0.3, 0.4) is 0 Å². The van der Waals surface area contributed by atoms with Gasteiger partial charge in [0.05, 0.1) is 0 Å². The monoisotopic (exact) mass is 955 g/mol. The maximum Gasteiger partial charge on any atom is 0.164 e. The first kappa shape index (κ1) is 46.1. The standard InChI is InChI=1S/C64H74N8/c1-57(2)17-18-58(3,4)42-26-34-33(25-41(42)57)49-65-50(34)70-52-37-29-45-46(62(11,12)22-21-61(45,9)10)30-38(37)54(67-52)72-56-40-32-48-47(63(13,14)23-24-64(48,15)16)31-39(40)55(68-56)71-53-36-28-44-43(27-35(36)51(66-53)69-49)59(5,6)19-20-60(44,7)8/h25-32H,17-24H2,1-16H3,(H2,65,66,67,68,69,70,71,72). The molecule has 0 saturated heterocycles. The molecule has 0 unspecified atom stereocenters. The lowest BCUT2D eigenvalue weighted by molar-refractivity contribution is 0.332. The van der Waals surface area contributed by atoms with Crippen molar-refractivity contribution in [3.8, 4) is 45.6 Å². The Morgan fingerprint density at radius 3 is 0.597 bits per heavy atom. The van der Waals surface area contributed by atoms with E-state index in [2.05, 4.69) is 169 Å². The van der Waals surface area contributed by atoms with Gasteiger partial charge in [-0.15, -0.1) is 0 Å². The van der Waals surface area contributed by atoms with Crippen LogP contribution in [-0.4, -0.2) is 39.9 Å². The van der Waals surface area contributed by atoms with Crippen molar-refractivity contribution < 1.29 is 0 Å². The summed E-state index contributed by atoms with van der Waals surface area (Å²) in [6.07, 6.45) is 8.91. The van der Waals surface area contributed by atoms with Crippen LogP contribution < -0.4 is 0 Å². The zero-order chi connectivity index (χ0) is 50.8. The van der Waals surface area contributed by atoms with Gasteiger partial charge in [0.1, 0.15) is 22.6 Å². The SMILES string of the molecule is CC1(C)CCC(C)(C)c2cc3c(cc21)-c1nc-3nc2[nH]c(nc3nc(nc4[nH]c(n1)c1cc5c(cc41)C(C)(C)CCC5(C)C)-c1cc4c(cc1-3)C(C)(C)CCC4(C)C)c1cc3c(cc21)C(C)(C)CCC3(C)C. The van der Waals surface area contributed by atoms with Crippen molar-refractivity contribution in [1.29, 1.82) is 0 Å². The second kappa shape index (κ2) is 14.1. The van der Waals surface area contributed by atoms with Crippen molar-refractivity contribution in [3.05, 3.63) is 93.0 Å². The number of nitrogens with zero attached hydrogens (tertiary/aromatic N) is 6. The third kappa shape index (κ3) is 6.54. The second-order valence-corrected chi connectivity index (χ2v) is 28.5. The summed E-state index contributed by atoms with van der Waals surface area (Å²) in [6.45, 7) is 38.4. The minimum atomic E-state index is -0.00723. The summed E-state index contributed by atoms with van der Waals surface area (Å²) in [5.41, 5.74) is 18.1. The smallest absolute Gasteiger partial charge is 0.164 e. The van der Waals surface area contributed by atoms with Gasteiger partial charge in [-0.25, -0.2) is 29.9 Å². The summed E-state index contributed by atoms with van der Waals surface area (Å²) >= 11 is 0. The molecule has 8 heteroatoms. The third-order valence-corrected chi connectivity index (χ3v) is 19.7. The number of aromatic nitrogens is 8. The molecule has 6 aliphatic rings. The molecule has 0 spiro atoms. The highest BCUT2D eigenvalue weighted by Gasteiger charge is 2.43. The Labute approximate surface area is 426 Å². The molecule has 8 bridgehead atoms. The molecule has 7 aromatic rings. The summed E-state index contributed by atoms with van der Waals surface area (Å²) in [5.74, 6) is 2.67. The fourth-order valence-corrected chi connectivity index (χ4v) is 14.0. The average molecular weight is 955 g/mol. The molecule has 0 saturated carbocycles. The molecule has 2 N–H and O–H groups in total. The van der Waals surface area contributed by atoms with E-state index in [-0.39, 0.29) is 43.3 Å². The van der Waals surface area contributed by atoms with Crippen molar-refractivity contribution in [2.75, 3.05) is 0 Å². The molecule has 0 fully saturated rings. The van der Waals surface area contributed by atoms with Crippen LogP contribution in [0.4, 0.5) is 0 Å². The van der Waals surface area contributed by atoms with Crippen molar-refractivity contribution in [2.24, 2.45) is 0 Å². The molecular weight excluding hydrogens is 881 g/mol. The summed E-state index contributed by atoms with van der Waals surface area (Å²) in [7, 11) is 0. The minimum absolute atomic E-state index is 0.00385. The maximum atomic E-state index is 5.67. The summed E-state index contributed by atoms with van der Waals surface area (Å²) in [4.78, 5) is 41.4. The predicted octanol–water partition coefficient (Wildman–Crippen LogP) is 16.3. The number of H-pyrrole nitrogens is 2. The van der Waals surface area contributed by atoms with Crippen LogP contribution in [0.5, 0.6) is 0 Å². The highest BCUT2D eigenvalue weighted by atomic mass is 15.1. The number of fused-ring (bicyclic) bond motifs is 24. The van der Waals surface area contributed by atoms with Gasteiger partial charge in [-0.1, -0.05) is 111 Å². The van der Waals surface area contributed by atoms with E-state index in [9.17, 15) is 0 Å². The molecule has 8 nitrogen and oxygen atoms in total. The van der Waals surface area contributed by atoms with Gasteiger partial charge in [0.2, 0.25) is 0 Å². The van der Waals surface area contributed by atoms with Gasteiger partial charge < -0.3 is 9.97 Å². The molecule has 0 atom stereocenters. The first-order chi connectivity index (χ1) is 33.5. The molecule has 370 valence electrons. The Kier molecular flexibility index (Phi) is 9.01. The van der Waals surface area contributed by atoms with Crippen LogP contribution in [0.2, 0.25) is 0 Å². The number of aromatic amines is 2. The zero-order valence-electron chi connectivity index (χ0n) is 46.0. The van der Waals surface area contributed by atoms with Gasteiger partial charge in [-0.05, 0) is 188 Å². The molecule has 3 aromatic heterocycles. The van der Waals surface area contributed by atoms with Crippen LogP contribution in [0.25, 0.3) is 89.7 Å². The van der Waals surface area contributed by atoms with Gasteiger partial charge in [0, 0.05) is 43.8 Å². The van der Waals surface area contributed by atoms with Crippen LogP contribution in [0, 0.1) is 0 Å². The molecular formula is C64H74N8. The summed E-state index contributed by atoms with van der Waals surface area (Å²) < 4.78 is 0. The van der Waals surface area contributed by atoms with Crippen molar-refractivity contribution >= 4 is 44.1 Å². The fourth-order valence-electron chi connectivity index (χ4n) is 14.0. The quantitative estimate of drug-likeness (QED) is 0.157. The van der Waals surface area contributed by atoms with E-state index >= 15 is 0 Å². The molecule has 2 aliphatic heterocycles. The number of rotatable bonds is 0. The van der Waals surface area contributed by atoms with E-state index in [4.69, 9.17) is 29.9 Å². The topological polar surface area (TPSA) is 109 Å². The lowest BCUT2D eigenvalue weighted by Gasteiger charge is -2.42. The van der Waals surface area contributed by atoms with E-state index in [0.717, 1.165) is 118 Å². The minimum Gasteiger partial charge on any atom is -0.324 e. The normalized spacial score (nSPS) is 21.8. The number of hydrogen-bond donors (Lipinski definition) is 2. The number of hydrogen-bond acceptors (Lipinski definition) is 6. The molecule has 0 radical (unpaired) electrons. The Bertz CT molecular complexity index is 3290. The maximum absolute atomic E-state index is 5.67. The van der Waals surface area contributed by atoms with E-state index in [1.165, 1.54) is 44.5 Å². The Morgan fingerprint density at radius 1 is 0.250 bits per heavy atom. The molecule has 13 rings (SSSR count). The molecule has 72 heavy (non-hydrogen) atoms. The molecule has 4 aromatic carbocycles. The lowest BCUT2D eigenvalue weighted by Crippen LogP contribution is -2.33. The largest absolute Gasteiger partial charge is 0.324 e. The van der Waals surface area contributed by atoms with E-state index in [1.54, 1.807) is 0 Å². The molecule has 4 aliphatic carbocycles. The van der Waals surface area contributed by atoms with Crippen molar-refractivity contribution in [1.82, 2.24) is 39.9 Å². The lowest BCUT2D eigenvalue weighted by atomic mass is 9.62. The van der Waals surface area contributed by atoms with Crippen molar-refractivity contribution in [3.63, 3.8) is 0 Å². The highest BCUT2D eigenvalue weighted by molar-refractivity contribution is 6.07. The third-order valence-electron chi connectivity index (χ3n) is 19.7. The Morgan fingerprint density at radius 2 is 0.417 bits per heavy atom. The number of nitrogens with one attached hydrogen (secondary N) is 2. The highest BCUT2D eigenvalue weighted by Crippen LogP contribution is 2.54. The van der Waals surface area contributed by atoms with Gasteiger partial charge >= 0.3 is 0 Å². The molecule has 0 amide bonds. The van der Waals surface area contributed by atoms with Crippen LogP contribution in [-0.2, 0) is 43.3 Å². The molecule has 5 heterocycles. The predicted molar refractivity (Wildman–Crippen MR) is 297 cm³/mol. The van der Waals surface area contributed by atoms with Gasteiger partial charge in [-0.2, -0.15) is 0 Å². The van der Waals surface area contributed by atoms with Crippen molar-refractivity contribution in [2.45, 2.75) is 205 Å². The first-order valence-corrected chi connectivity index (χ1v) is 27.1. The van der Waals surface area contributed by atoms with E-state index in [1.807, 2.05) is 0 Å². The second-order valence-electron chi connectivity index (χ2n) is 28.5. The van der Waals surface area contributed by atoms with E-state index < -0.39 is 0 Å². The Balaban J connectivity index is 1.22.